The van der Waals surface area contributed by atoms with E-state index in [0.717, 1.165) is 33.2 Å². The van der Waals surface area contributed by atoms with Gasteiger partial charge < -0.3 is 19.4 Å². The van der Waals surface area contributed by atoms with Gasteiger partial charge in [-0.2, -0.15) is 0 Å². The highest BCUT2D eigenvalue weighted by Crippen LogP contribution is 2.46. The van der Waals surface area contributed by atoms with Gasteiger partial charge in [-0.05, 0) is 12.1 Å². The summed E-state index contributed by atoms with van der Waals surface area (Å²) in [5.74, 6) is -0.904. The van der Waals surface area contributed by atoms with Gasteiger partial charge in [0, 0.05) is 55.2 Å². The standard InChI is InChI=1S/C34H34N2O4/c1-9-33(3,4)31-23(19-15-11-13-17-21(19)35-31)25-27(37)30(40-8)26(28(38)29(25)39-7)24-20-16-12-14-18-22(20)36-32(24)34(5,6)10-2/h9-18,35-36H,1-2H2,3-8H3. The van der Waals surface area contributed by atoms with Crippen LogP contribution in [0, 0.1) is 0 Å². The number of allylic oxidation sites excluding steroid dienone is 4. The van der Waals surface area contributed by atoms with Crippen LogP contribution in [0.4, 0.5) is 0 Å². The minimum absolute atomic E-state index is 0.0284. The molecule has 0 aliphatic heterocycles. The number of fused-ring (bicyclic) bond motifs is 2. The Morgan fingerprint density at radius 2 is 1.00 bits per heavy atom. The maximum Gasteiger partial charge on any atom is 0.232 e. The molecule has 2 aromatic heterocycles. The van der Waals surface area contributed by atoms with Crippen LogP contribution in [0.5, 0.6) is 0 Å². The zero-order chi connectivity index (χ0) is 29.0. The number of carbonyl (C=O) groups excluding carboxylic acids is 2. The summed E-state index contributed by atoms with van der Waals surface area (Å²) in [5.41, 5.74) is 3.65. The Labute approximate surface area is 234 Å². The molecule has 2 aromatic carbocycles. The predicted octanol–water partition coefficient (Wildman–Crippen LogP) is 7.14. The molecule has 0 radical (unpaired) electrons. The second-order valence-electron chi connectivity index (χ2n) is 11.2. The van der Waals surface area contributed by atoms with Gasteiger partial charge in [-0.15, -0.1) is 13.2 Å². The number of Topliss-reactive ketones (excluding diaryl/α,β-unsaturated/α-hetero) is 2. The molecule has 5 rings (SSSR count). The Morgan fingerprint density at radius 1 is 0.650 bits per heavy atom. The zero-order valence-electron chi connectivity index (χ0n) is 23.8. The van der Waals surface area contributed by atoms with Crippen molar-refractivity contribution in [1.82, 2.24) is 9.97 Å². The quantitative estimate of drug-likeness (QED) is 0.186. The molecule has 0 spiro atoms. The van der Waals surface area contributed by atoms with Gasteiger partial charge in [0.25, 0.3) is 0 Å². The molecule has 6 nitrogen and oxygen atoms in total. The number of rotatable bonds is 8. The van der Waals surface area contributed by atoms with E-state index in [0.29, 0.717) is 11.1 Å². The lowest BCUT2D eigenvalue weighted by Gasteiger charge is -2.27. The van der Waals surface area contributed by atoms with E-state index in [1.54, 1.807) is 0 Å². The van der Waals surface area contributed by atoms with Gasteiger partial charge in [-0.25, -0.2) is 0 Å². The Bertz CT molecular complexity index is 1660. The Kier molecular flexibility index (Phi) is 6.45. The lowest BCUT2D eigenvalue weighted by atomic mass is 9.78. The molecule has 0 saturated heterocycles. The minimum Gasteiger partial charge on any atom is -0.492 e. The van der Waals surface area contributed by atoms with Crippen molar-refractivity contribution < 1.29 is 19.1 Å². The third-order valence-electron chi connectivity index (χ3n) is 7.95. The maximum absolute atomic E-state index is 14.5. The normalized spacial score (nSPS) is 14.8. The number of para-hydroxylation sites is 2. The summed E-state index contributed by atoms with van der Waals surface area (Å²) < 4.78 is 11.6. The van der Waals surface area contributed by atoms with Crippen LogP contribution < -0.4 is 0 Å². The SMILES string of the molecule is C=CC(C)(C)c1[nH]c2ccccc2c1C1=C(OC)C(=O)C(c2c(C(C)(C)C=C)[nH]c3ccccc23)=C(OC)C1=O. The fourth-order valence-electron chi connectivity index (χ4n) is 5.48. The van der Waals surface area contributed by atoms with Gasteiger partial charge >= 0.3 is 0 Å². The highest BCUT2D eigenvalue weighted by molar-refractivity contribution is 6.48. The van der Waals surface area contributed by atoms with E-state index >= 15 is 0 Å². The number of nitrogens with one attached hydrogen (secondary N) is 2. The molecule has 0 amide bonds. The van der Waals surface area contributed by atoms with Gasteiger partial charge in [-0.3, -0.25) is 9.59 Å². The number of methoxy groups -OCH3 is 2. The Hall–Kier alpha value is -4.58. The van der Waals surface area contributed by atoms with Crippen LogP contribution in [0.25, 0.3) is 33.0 Å². The van der Waals surface area contributed by atoms with E-state index in [1.807, 2.05) is 88.4 Å². The summed E-state index contributed by atoms with van der Waals surface area (Å²) in [5, 5.41) is 1.61. The largest absolute Gasteiger partial charge is 0.492 e. The van der Waals surface area contributed by atoms with Crippen molar-refractivity contribution in [2.45, 2.75) is 38.5 Å². The minimum atomic E-state index is -0.543. The Morgan fingerprint density at radius 3 is 1.32 bits per heavy atom. The van der Waals surface area contributed by atoms with Gasteiger partial charge in [0.15, 0.2) is 11.5 Å². The first-order chi connectivity index (χ1) is 19.0. The van der Waals surface area contributed by atoms with Gasteiger partial charge in [0.1, 0.15) is 0 Å². The fraction of sp³-hybridized carbons (Fsp3) is 0.235. The number of hydrogen-bond donors (Lipinski definition) is 2. The second kappa shape index (κ2) is 9.56. The molecule has 1 aliphatic rings. The van der Waals surface area contributed by atoms with E-state index in [4.69, 9.17) is 9.47 Å². The molecule has 0 bridgehead atoms. The average Bonchev–Trinajstić information content (AvgIpc) is 3.53. The number of carbonyl (C=O) groups is 2. The van der Waals surface area contributed by atoms with Crippen LogP contribution in [-0.4, -0.2) is 35.8 Å². The smallest absolute Gasteiger partial charge is 0.232 e. The maximum atomic E-state index is 14.5. The number of ketones is 2. The van der Waals surface area contributed by atoms with Crippen molar-refractivity contribution in [3.8, 4) is 0 Å². The van der Waals surface area contributed by atoms with E-state index in [9.17, 15) is 9.59 Å². The molecule has 0 saturated carbocycles. The highest BCUT2D eigenvalue weighted by Gasteiger charge is 2.43. The lowest BCUT2D eigenvalue weighted by molar-refractivity contribution is -0.117. The zero-order valence-corrected chi connectivity index (χ0v) is 23.8. The molecular formula is C34H34N2O4. The molecule has 2 N–H and O–H groups in total. The van der Waals surface area contributed by atoms with E-state index < -0.39 is 22.4 Å². The summed E-state index contributed by atoms with van der Waals surface area (Å²) in [6.45, 7) is 16.1. The van der Waals surface area contributed by atoms with Crippen molar-refractivity contribution in [2.24, 2.45) is 0 Å². The van der Waals surface area contributed by atoms with E-state index in [-0.39, 0.29) is 22.7 Å². The molecule has 1 aliphatic carbocycles. The van der Waals surface area contributed by atoms with E-state index in [1.165, 1.54) is 14.2 Å². The Balaban J connectivity index is 1.87. The lowest BCUT2D eigenvalue weighted by Crippen LogP contribution is -2.27. The molecule has 0 fully saturated rings. The van der Waals surface area contributed by atoms with Crippen LogP contribution in [0.15, 0.2) is 85.4 Å². The monoisotopic (exact) mass is 534 g/mol. The molecule has 2 heterocycles. The summed E-state index contributed by atoms with van der Waals surface area (Å²) in [4.78, 5) is 36.0. The first-order valence-electron chi connectivity index (χ1n) is 13.2. The van der Waals surface area contributed by atoms with Crippen molar-refractivity contribution >= 4 is 44.5 Å². The fourth-order valence-corrected chi connectivity index (χ4v) is 5.48. The average molecular weight is 535 g/mol. The predicted molar refractivity (Wildman–Crippen MR) is 161 cm³/mol. The van der Waals surface area contributed by atoms with Crippen LogP contribution in [-0.2, 0) is 29.9 Å². The second-order valence-corrected chi connectivity index (χ2v) is 11.2. The van der Waals surface area contributed by atoms with Gasteiger partial charge in [0.05, 0.1) is 25.4 Å². The number of aromatic amines is 2. The molecule has 0 unspecified atom stereocenters. The summed E-state index contributed by atoms with van der Waals surface area (Å²) in [7, 11) is 2.85. The summed E-state index contributed by atoms with van der Waals surface area (Å²) in [6.07, 6.45) is 3.63. The molecule has 6 heteroatoms. The number of H-pyrrole nitrogens is 2. The van der Waals surface area contributed by atoms with E-state index in [2.05, 4.69) is 23.1 Å². The van der Waals surface area contributed by atoms with Gasteiger partial charge in [0.2, 0.25) is 11.6 Å². The molecule has 0 atom stereocenters. The number of ether oxygens (including phenoxy) is 2. The highest BCUT2D eigenvalue weighted by atomic mass is 16.5. The molecule has 40 heavy (non-hydrogen) atoms. The van der Waals surface area contributed by atoms with Crippen LogP contribution in [0.3, 0.4) is 0 Å². The van der Waals surface area contributed by atoms with Crippen molar-refractivity contribution in [1.29, 1.82) is 0 Å². The topological polar surface area (TPSA) is 84.2 Å². The third kappa shape index (κ3) is 3.86. The molecule has 4 aromatic rings. The van der Waals surface area contributed by atoms with Crippen LogP contribution in [0.2, 0.25) is 0 Å². The first kappa shape index (κ1) is 27.0. The van der Waals surface area contributed by atoms with Crippen molar-refractivity contribution in [2.75, 3.05) is 14.2 Å². The number of benzene rings is 2. The number of aromatic nitrogens is 2. The van der Waals surface area contributed by atoms with Crippen molar-refractivity contribution in [3.05, 3.63) is 108 Å². The van der Waals surface area contributed by atoms with Crippen molar-refractivity contribution in [3.63, 3.8) is 0 Å². The van der Waals surface area contributed by atoms with Crippen LogP contribution in [0.1, 0.15) is 50.2 Å². The molecule has 204 valence electrons. The van der Waals surface area contributed by atoms with Crippen LogP contribution >= 0.6 is 0 Å². The summed E-state index contributed by atoms with van der Waals surface area (Å²) in [6, 6.07) is 15.4. The first-order valence-corrected chi connectivity index (χ1v) is 13.2. The summed E-state index contributed by atoms with van der Waals surface area (Å²) >= 11 is 0. The third-order valence-corrected chi connectivity index (χ3v) is 7.95. The number of hydrogen-bond acceptors (Lipinski definition) is 4. The molecular weight excluding hydrogens is 500 g/mol. The van der Waals surface area contributed by atoms with Gasteiger partial charge in [-0.1, -0.05) is 76.2 Å².